The van der Waals surface area contributed by atoms with Crippen LogP contribution in [0.2, 0.25) is 0 Å². The van der Waals surface area contributed by atoms with Gasteiger partial charge in [0.15, 0.2) is 5.96 Å². The van der Waals surface area contributed by atoms with Gasteiger partial charge in [-0.25, -0.2) is 0 Å². The van der Waals surface area contributed by atoms with E-state index in [4.69, 9.17) is 4.74 Å². The minimum absolute atomic E-state index is 0.193. The lowest BCUT2D eigenvalue weighted by Crippen LogP contribution is -2.49. The van der Waals surface area contributed by atoms with Gasteiger partial charge in [-0.3, -0.25) is 9.79 Å². The van der Waals surface area contributed by atoms with E-state index in [1.165, 1.54) is 5.69 Å². The van der Waals surface area contributed by atoms with Crippen LogP contribution in [0.15, 0.2) is 35.3 Å². The van der Waals surface area contributed by atoms with Crippen LogP contribution in [0.4, 0.5) is 5.69 Å². The second kappa shape index (κ2) is 11.4. The number of ether oxygens (including phenoxy) is 1. The van der Waals surface area contributed by atoms with Gasteiger partial charge in [0.2, 0.25) is 5.91 Å². The molecule has 2 rings (SSSR count). The molecule has 0 radical (unpaired) electrons. The molecule has 2 N–H and O–H groups in total. The Morgan fingerprint density at radius 3 is 2.54 bits per heavy atom. The number of amides is 1. The number of nitrogens with one attached hydrogen (secondary N) is 2. The van der Waals surface area contributed by atoms with E-state index in [1.54, 1.807) is 7.11 Å². The molecule has 1 aromatic rings. The van der Waals surface area contributed by atoms with E-state index in [9.17, 15) is 4.79 Å². The highest BCUT2D eigenvalue weighted by Gasteiger charge is 2.20. The first-order valence-corrected chi connectivity index (χ1v) is 9.33. The highest BCUT2D eigenvalue weighted by atomic mass is 16.5. The minimum atomic E-state index is 0.193. The molecule has 1 amide bonds. The van der Waals surface area contributed by atoms with Crippen LogP contribution in [-0.2, 0) is 9.53 Å². The van der Waals surface area contributed by atoms with E-state index in [2.05, 4.69) is 44.8 Å². The van der Waals surface area contributed by atoms with Crippen LogP contribution in [0.1, 0.15) is 13.3 Å². The summed E-state index contributed by atoms with van der Waals surface area (Å²) in [5, 5.41) is 6.38. The van der Waals surface area contributed by atoms with Crippen LogP contribution in [0, 0.1) is 0 Å². The SMILES string of the molecule is CCNC(=NCCOC)NCCC(=O)N1CCN(c2ccccc2)CC1. The summed E-state index contributed by atoms with van der Waals surface area (Å²) in [6, 6.07) is 10.4. The first-order chi connectivity index (χ1) is 12.7. The molecule has 1 heterocycles. The van der Waals surface area contributed by atoms with Crippen molar-refractivity contribution in [2.24, 2.45) is 4.99 Å². The molecule has 0 aromatic heterocycles. The topological polar surface area (TPSA) is 69.2 Å². The molecule has 1 saturated heterocycles. The Labute approximate surface area is 156 Å². The van der Waals surface area contributed by atoms with E-state index >= 15 is 0 Å². The number of piperazine rings is 1. The fraction of sp³-hybridized carbons (Fsp3) is 0.579. The van der Waals surface area contributed by atoms with Crippen molar-refractivity contribution in [1.82, 2.24) is 15.5 Å². The molecule has 26 heavy (non-hydrogen) atoms. The molecule has 1 fully saturated rings. The number of hydrogen-bond donors (Lipinski definition) is 2. The molecule has 0 aliphatic carbocycles. The second-order valence-electron chi connectivity index (χ2n) is 6.13. The van der Waals surface area contributed by atoms with Gasteiger partial charge in [0, 0.05) is 58.5 Å². The zero-order chi connectivity index (χ0) is 18.6. The molecule has 0 bridgehead atoms. The molecule has 7 nitrogen and oxygen atoms in total. The number of rotatable bonds is 8. The number of benzene rings is 1. The molecule has 7 heteroatoms. The third-order valence-electron chi connectivity index (χ3n) is 4.29. The lowest BCUT2D eigenvalue weighted by Gasteiger charge is -2.36. The molecule has 1 aliphatic heterocycles. The Morgan fingerprint density at radius 2 is 1.88 bits per heavy atom. The summed E-state index contributed by atoms with van der Waals surface area (Å²) in [4.78, 5) is 21.1. The van der Waals surface area contributed by atoms with Crippen LogP contribution < -0.4 is 15.5 Å². The van der Waals surface area contributed by atoms with Crippen LogP contribution in [0.3, 0.4) is 0 Å². The summed E-state index contributed by atoms with van der Waals surface area (Å²) < 4.78 is 5.01. The van der Waals surface area contributed by atoms with Gasteiger partial charge in [0.05, 0.1) is 13.2 Å². The summed E-state index contributed by atoms with van der Waals surface area (Å²) in [5.41, 5.74) is 1.23. The van der Waals surface area contributed by atoms with Crippen LogP contribution >= 0.6 is 0 Å². The van der Waals surface area contributed by atoms with Crippen molar-refractivity contribution in [3.8, 4) is 0 Å². The number of para-hydroxylation sites is 1. The number of nitrogens with zero attached hydrogens (tertiary/aromatic N) is 3. The maximum atomic E-state index is 12.4. The summed E-state index contributed by atoms with van der Waals surface area (Å²) >= 11 is 0. The van der Waals surface area contributed by atoms with Crippen molar-refractivity contribution in [3.63, 3.8) is 0 Å². The van der Waals surface area contributed by atoms with Gasteiger partial charge >= 0.3 is 0 Å². The molecular weight excluding hydrogens is 330 g/mol. The van der Waals surface area contributed by atoms with Gasteiger partial charge in [-0.05, 0) is 19.1 Å². The van der Waals surface area contributed by atoms with Crippen LogP contribution in [0.25, 0.3) is 0 Å². The van der Waals surface area contributed by atoms with Gasteiger partial charge in [-0.15, -0.1) is 0 Å². The predicted octanol–water partition coefficient (Wildman–Crippen LogP) is 0.927. The fourth-order valence-electron chi connectivity index (χ4n) is 2.89. The van der Waals surface area contributed by atoms with Gasteiger partial charge < -0.3 is 25.2 Å². The van der Waals surface area contributed by atoms with Gasteiger partial charge in [-0.1, -0.05) is 18.2 Å². The van der Waals surface area contributed by atoms with E-state index in [1.807, 2.05) is 17.9 Å². The maximum Gasteiger partial charge on any atom is 0.224 e. The summed E-state index contributed by atoms with van der Waals surface area (Å²) in [5.74, 6) is 0.921. The van der Waals surface area contributed by atoms with E-state index < -0.39 is 0 Å². The molecule has 144 valence electrons. The highest BCUT2D eigenvalue weighted by Crippen LogP contribution is 2.15. The molecule has 0 unspecified atom stereocenters. The lowest BCUT2D eigenvalue weighted by molar-refractivity contribution is -0.131. The fourth-order valence-corrected chi connectivity index (χ4v) is 2.89. The summed E-state index contributed by atoms with van der Waals surface area (Å²) in [6.45, 7) is 7.87. The normalized spacial score (nSPS) is 15.1. The van der Waals surface area contributed by atoms with Crippen molar-refractivity contribution in [2.75, 3.05) is 64.4 Å². The molecule has 1 aromatic carbocycles. The average Bonchev–Trinajstić information content (AvgIpc) is 2.69. The highest BCUT2D eigenvalue weighted by molar-refractivity contribution is 5.81. The van der Waals surface area contributed by atoms with Crippen LogP contribution in [0.5, 0.6) is 0 Å². The smallest absolute Gasteiger partial charge is 0.224 e. The van der Waals surface area contributed by atoms with E-state index in [-0.39, 0.29) is 5.91 Å². The first kappa shape index (κ1) is 20.0. The number of hydrogen-bond acceptors (Lipinski definition) is 4. The minimum Gasteiger partial charge on any atom is -0.383 e. The number of aliphatic imine (C=N–C) groups is 1. The molecular formula is C19H31N5O2. The van der Waals surface area contributed by atoms with Crippen LogP contribution in [-0.4, -0.2) is 76.3 Å². The monoisotopic (exact) mass is 361 g/mol. The molecule has 0 atom stereocenters. The number of carbonyl (C=O) groups excluding carboxylic acids is 1. The molecule has 0 saturated carbocycles. The van der Waals surface area contributed by atoms with Gasteiger partial charge in [0.25, 0.3) is 0 Å². The third-order valence-corrected chi connectivity index (χ3v) is 4.29. The number of guanidine groups is 1. The van der Waals surface area contributed by atoms with E-state index in [0.29, 0.717) is 26.1 Å². The average molecular weight is 361 g/mol. The van der Waals surface area contributed by atoms with Crippen molar-refractivity contribution < 1.29 is 9.53 Å². The zero-order valence-corrected chi connectivity index (χ0v) is 15.9. The summed E-state index contributed by atoms with van der Waals surface area (Å²) in [7, 11) is 1.66. The number of methoxy groups -OCH3 is 1. The third kappa shape index (κ3) is 6.55. The number of carbonyl (C=O) groups is 1. The number of anilines is 1. The second-order valence-corrected chi connectivity index (χ2v) is 6.13. The van der Waals surface area contributed by atoms with Crippen molar-refractivity contribution >= 4 is 17.6 Å². The van der Waals surface area contributed by atoms with Crippen molar-refractivity contribution in [1.29, 1.82) is 0 Å². The first-order valence-electron chi connectivity index (χ1n) is 9.33. The zero-order valence-electron chi connectivity index (χ0n) is 15.9. The largest absolute Gasteiger partial charge is 0.383 e. The standard InChI is InChI=1S/C19H31N5O2/c1-3-20-19(22-11-16-26-2)21-10-9-18(25)24-14-12-23(13-15-24)17-7-5-4-6-8-17/h4-8H,3,9-16H2,1-2H3,(H2,20,21,22). The van der Waals surface area contributed by atoms with Crippen molar-refractivity contribution in [3.05, 3.63) is 30.3 Å². The van der Waals surface area contributed by atoms with Gasteiger partial charge in [-0.2, -0.15) is 0 Å². The molecule has 0 spiro atoms. The summed E-state index contributed by atoms with van der Waals surface area (Å²) in [6.07, 6.45) is 0.472. The Morgan fingerprint density at radius 1 is 1.15 bits per heavy atom. The predicted molar refractivity (Wildman–Crippen MR) is 106 cm³/mol. The Balaban J connectivity index is 1.70. The Bertz CT molecular complexity index is 556. The lowest BCUT2D eigenvalue weighted by atomic mass is 10.2. The molecule has 1 aliphatic rings. The van der Waals surface area contributed by atoms with Gasteiger partial charge in [0.1, 0.15) is 0 Å². The van der Waals surface area contributed by atoms with Crippen molar-refractivity contribution in [2.45, 2.75) is 13.3 Å². The Kier molecular flexibility index (Phi) is 8.75. The quantitative estimate of drug-likeness (QED) is 0.410. The maximum absolute atomic E-state index is 12.4. The van der Waals surface area contributed by atoms with E-state index in [0.717, 1.165) is 38.7 Å². The Hall–Kier alpha value is -2.28.